The number of benzene rings is 2. The first-order chi connectivity index (χ1) is 11.1. The van der Waals surface area contributed by atoms with Crippen molar-refractivity contribution in [2.24, 2.45) is 11.7 Å². The first kappa shape index (κ1) is 16.8. The molecule has 0 fully saturated rings. The number of hydrogen-bond acceptors (Lipinski definition) is 4. The van der Waals surface area contributed by atoms with Crippen molar-refractivity contribution in [1.29, 1.82) is 0 Å². The van der Waals surface area contributed by atoms with Crippen LogP contribution in [0.2, 0.25) is 0 Å². The Balaban J connectivity index is 1.95. The van der Waals surface area contributed by atoms with E-state index in [9.17, 15) is 4.79 Å². The summed E-state index contributed by atoms with van der Waals surface area (Å²) in [5.41, 5.74) is 6.19. The molecule has 0 heterocycles. The van der Waals surface area contributed by atoms with E-state index in [4.69, 9.17) is 15.2 Å². The van der Waals surface area contributed by atoms with Crippen molar-refractivity contribution in [3.63, 3.8) is 0 Å². The average Bonchev–Trinajstić information content (AvgIpc) is 2.58. The summed E-state index contributed by atoms with van der Waals surface area (Å²) in [4.78, 5) is 11.8. The summed E-state index contributed by atoms with van der Waals surface area (Å²) in [6.07, 6.45) is 0. The van der Waals surface area contributed by atoms with Gasteiger partial charge in [0.1, 0.15) is 17.2 Å². The van der Waals surface area contributed by atoms with E-state index in [1.807, 2.05) is 31.2 Å². The van der Waals surface area contributed by atoms with Gasteiger partial charge in [0.25, 0.3) is 0 Å². The van der Waals surface area contributed by atoms with Gasteiger partial charge in [0.15, 0.2) is 0 Å². The molecule has 0 aromatic heterocycles. The smallest absolute Gasteiger partial charge is 0.228 e. The van der Waals surface area contributed by atoms with Crippen LogP contribution in [-0.2, 0) is 4.79 Å². The Hall–Kier alpha value is -2.53. The van der Waals surface area contributed by atoms with Gasteiger partial charge in [0.2, 0.25) is 5.91 Å². The third-order valence-electron chi connectivity index (χ3n) is 3.29. The molecule has 1 atom stereocenters. The third-order valence-corrected chi connectivity index (χ3v) is 3.29. The molecule has 0 radical (unpaired) electrons. The zero-order chi connectivity index (χ0) is 16.7. The molecule has 122 valence electrons. The standard InChI is InChI=1S/C18H22N2O3/c1-3-22-15-8-10-17(11-9-15)23-16-6-4-14(5-7-16)20-18(21)13(2)12-19/h4-11,13H,3,12,19H2,1-2H3,(H,20,21). The van der Waals surface area contributed by atoms with Crippen molar-refractivity contribution < 1.29 is 14.3 Å². The van der Waals surface area contributed by atoms with Crippen LogP contribution in [0.3, 0.4) is 0 Å². The molecule has 2 rings (SSSR count). The zero-order valence-corrected chi connectivity index (χ0v) is 13.4. The molecule has 0 aliphatic carbocycles. The molecule has 3 N–H and O–H groups in total. The van der Waals surface area contributed by atoms with E-state index < -0.39 is 0 Å². The highest BCUT2D eigenvalue weighted by Gasteiger charge is 2.10. The summed E-state index contributed by atoms with van der Waals surface area (Å²) >= 11 is 0. The Bertz CT molecular complexity index is 624. The van der Waals surface area contributed by atoms with E-state index in [2.05, 4.69) is 5.32 Å². The second kappa shape index (κ2) is 8.19. The number of rotatable bonds is 7. The summed E-state index contributed by atoms with van der Waals surface area (Å²) in [6, 6.07) is 14.6. The van der Waals surface area contributed by atoms with Crippen LogP contribution in [0.5, 0.6) is 17.2 Å². The van der Waals surface area contributed by atoms with E-state index in [1.165, 1.54) is 0 Å². The number of nitrogens with two attached hydrogens (primary N) is 1. The van der Waals surface area contributed by atoms with E-state index >= 15 is 0 Å². The maximum Gasteiger partial charge on any atom is 0.228 e. The van der Waals surface area contributed by atoms with Crippen molar-refractivity contribution in [3.8, 4) is 17.2 Å². The lowest BCUT2D eigenvalue weighted by Gasteiger charge is -2.11. The topological polar surface area (TPSA) is 73.6 Å². The van der Waals surface area contributed by atoms with Crippen molar-refractivity contribution in [1.82, 2.24) is 0 Å². The number of anilines is 1. The van der Waals surface area contributed by atoms with Gasteiger partial charge in [-0.05, 0) is 55.5 Å². The minimum atomic E-state index is -0.213. The average molecular weight is 314 g/mol. The summed E-state index contributed by atoms with van der Waals surface area (Å²) in [7, 11) is 0. The van der Waals surface area contributed by atoms with Crippen molar-refractivity contribution >= 4 is 11.6 Å². The number of amides is 1. The number of nitrogens with one attached hydrogen (secondary N) is 1. The first-order valence-electron chi connectivity index (χ1n) is 7.64. The summed E-state index contributed by atoms with van der Waals surface area (Å²) < 4.78 is 11.1. The Kier molecular flexibility index (Phi) is 6.00. The SMILES string of the molecule is CCOc1ccc(Oc2ccc(NC(=O)C(C)CN)cc2)cc1. The predicted molar refractivity (Wildman–Crippen MR) is 91.0 cm³/mol. The predicted octanol–water partition coefficient (Wildman–Crippen LogP) is 3.41. The number of ether oxygens (including phenoxy) is 2. The van der Waals surface area contributed by atoms with Crippen LogP contribution in [0.1, 0.15) is 13.8 Å². The van der Waals surface area contributed by atoms with Gasteiger partial charge in [-0.2, -0.15) is 0 Å². The molecule has 1 amide bonds. The zero-order valence-electron chi connectivity index (χ0n) is 13.4. The van der Waals surface area contributed by atoms with E-state index in [1.54, 1.807) is 31.2 Å². The molecule has 2 aromatic carbocycles. The highest BCUT2D eigenvalue weighted by molar-refractivity contribution is 5.92. The fourth-order valence-corrected chi connectivity index (χ4v) is 1.89. The van der Waals surface area contributed by atoms with Gasteiger partial charge in [0, 0.05) is 18.2 Å². The molecule has 0 bridgehead atoms. The largest absolute Gasteiger partial charge is 0.494 e. The van der Waals surface area contributed by atoms with Crippen LogP contribution in [0.15, 0.2) is 48.5 Å². The van der Waals surface area contributed by atoms with Gasteiger partial charge in [-0.3, -0.25) is 4.79 Å². The van der Waals surface area contributed by atoms with Crippen LogP contribution in [0, 0.1) is 5.92 Å². The normalized spacial score (nSPS) is 11.6. The van der Waals surface area contributed by atoms with Gasteiger partial charge >= 0.3 is 0 Å². The van der Waals surface area contributed by atoms with Crippen molar-refractivity contribution in [2.45, 2.75) is 13.8 Å². The number of carbonyl (C=O) groups is 1. The second-order valence-corrected chi connectivity index (χ2v) is 5.16. The van der Waals surface area contributed by atoms with Crippen molar-refractivity contribution in [3.05, 3.63) is 48.5 Å². The molecule has 0 saturated heterocycles. The van der Waals surface area contributed by atoms with Gasteiger partial charge in [-0.25, -0.2) is 0 Å². The monoisotopic (exact) mass is 314 g/mol. The summed E-state index contributed by atoms with van der Waals surface area (Å²) in [5.74, 6) is 1.93. The number of carbonyl (C=O) groups excluding carboxylic acids is 1. The van der Waals surface area contributed by atoms with Crippen LogP contribution in [0.4, 0.5) is 5.69 Å². The van der Waals surface area contributed by atoms with Crippen LogP contribution < -0.4 is 20.5 Å². The lowest BCUT2D eigenvalue weighted by Crippen LogP contribution is -2.26. The van der Waals surface area contributed by atoms with Crippen LogP contribution in [-0.4, -0.2) is 19.1 Å². The minimum absolute atomic E-state index is 0.0901. The lowest BCUT2D eigenvalue weighted by atomic mass is 10.1. The molecule has 2 aromatic rings. The van der Waals surface area contributed by atoms with Gasteiger partial charge in [0.05, 0.1) is 6.61 Å². The van der Waals surface area contributed by atoms with Gasteiger partial charge in [-0.15, -0.1) is 0 Å². The van der Waals surface area contributed by atoms with E-state index in [0.717, 1.165) is 11.5 Å². The number of hydrogen-bond donors (Lipinski definition) is 2. The van der Waals surface area contributed by atoms with Gasteiger partial charge in [-0.1, -0.05) is 6.92 Å². The Labute approximate surface area is 136 Å². The van der Waals surface area contributed by atoms with Crippen LogP contribution in [0.25, 0.3) is 0 Å². The molecule has 0 spiro atoms. The maximum atomic E-state index is 11.8. The Morgan fingerprint density at radius 3 is 2.09 bits per heavy atom. The molecule has 0 saturated carbocycles. The molecule has 23 heavy (non-hydrogen) atoms. The Morgan fingerprint density at radius 2 is 1.57 bits per heavy atom. The highest BCUT2D eigenvalue weighted by Crippen LogP contribution is 2.25. The quantitative estimate of drug-likeness (QED) is 0.821. The van der Waals surface area contributed by atoms with E-state index in [0.29, 0.717) is 24.6 Å². The summed E-state index contributed by atoms with van der Waals surface area (Å²) in [5, 5.41) is 2.81. The van der Waals surface area contributed by atoms with E-state index in [-0.39, 0.29) is 11.8 Å². The summed E-state index contributed by atoms with van der Waals surface area (Å²) in [6.45, 7) is 4.69. The minimum Gasteiger partial charge on any atom is -0.494 e. The molecule has 0 aliphatic rings. The molecule has 1 unspecified atom stereocenters. The molecular formula is C18H22N2O3. The second-order valence-electron chi connectivity index (χ2n) is 5.16. The molecule has 5 nitrogen and oxygen atoms in total. The highest BCUT2D eigenvalue weighted by atomic mass is 16.5. The maximum absolute atomic E-state index is 11.8. The fourth-order valence-electron chi connectivity index (χ4n) is 1.89. The molecule has 5 heteroatoms. The lowest BCUT2D eigenvalue weighted by molar-refractivity contribution is -0.119. The fraction of sp³-hybridized carbons (Fsp3) is 0.278. The van der Waals surface area contributed by atoms with Gasteiger partial charge < -0.3 is 20.5 Å². The first-order valence-corrected chi connectivity index (χ1v) is 7.64. The van der Waals surface area contributed by atoms with Crippen molar-refractivity contribution in [2.75, 3.05) is 18.5 Å². The third kappa shape index (κ3) is 5.00. The Morgan fingerprint density at radius 1 is 1.04 bits per heavy atom. The molecular weight excluding hydrogens is 292 g/mol. The molecule has 0 aliphatic heterocycles. The van der Waals surface area contributed by atoms with Crippen LogP contribution >= 0.6 is 0 Å².